The molecule has 0 aromatic heterocycles. The van der Waals surface area contributed by atoms with Crippen molar-refractivity contribution >= 4 is 0 Å². The van der Waals surface area contributed by atoms with E-state index in [0.717, 1.165) is 25.4 Å². The maximum absolute atomic E-state index is 5.89. The Kier molecular flexibility index (Phi) is 5.44. The van der Waals surface area contributed by atoms with Crippen molar-refractivity contribution in [3.63, 3.8) is 0 Å². The number of rotatable bonds is 6. The van der Waals surface area contributed by atoms with Gasteiger partial charge in [0.15, 0.2) is 0 Å². The summed E-state index contributed by atoms with van der Waals surface area (Å²) in [6.07, 6.45) is 2.65. The van der Waals surface area contributed by atoms with Crippen molar-refractivity contribution in [1.29, 1.82) is 0 Å². The molecule has 1 heterocycles. The monoisotopic (exact) mass is 276 g/mol. The predicted octanol–water partition coefficient (Wildman–Crippen LogP) is 2.91. The van der Waals surface area contributed by atoms with Crippen LogP contribution in [0.15, 0.2) is 24.3 Å². The van der Waals surface area contributed by atoms with E-state index >= 15 is 0 Å². The largest absolute Gasteiger partial charge is 0.492 e. The van der Waals surface area contributed by atoms with Crippen molar-refractivity contribution in [2.24, 2.45) is 5.41 Å². The fourth-order valence-corrected chi connectivity index (χ4v) is 2.98. The van der Waals surface area contributed by atoms with E-state index in [2.05, 4.69) is 42.3 Å². The van der Waals surface area contributed by atoms with Gasteiger partial charge in [-0.25, -0.2) is 0 Å². The van der Waals surface area contributed by atoms with Gasteiger partial charge >= 0.3 is 0 Å². The Morgan fingerprint density at radius 2 is 2.20 bits per heavy atom. The first kappa shape index (κ1) is 15.3. The molecule has 0 unspecified atom stereocenters. The SMILES string of the molecule is CNCc1cccc(OCCN2CCCC(C)(C)C2)c1. The van der Waals surface area contributed by atoms with Crippen LogP contribution in [-0.4, -0.2) is 38.2 Å². The molecule has 0 atom stereocenters. The molecule has 20 heavy (non-hydrogen) atoms. The molecule has 0 spiro atoms. The normalized spacial score (nSPS) is 18.9. The zero-order valence-electron chi connectivity index (χ0n) is 13.1. The predicted molar refractivity (Wildman–Crippen MR) is 84.2 cm³/mol. The summed E-state index contributed by atoms with van der Waals surface area (Å²) in [5, 5.41) is 3.16. The minimum absolute atomic E-state index is 0.463. The summed E-state index contributed by atoms with van der Waals surface area (Å²) in [6, 6.07) is 8.35. The third-order valence-electron chi connectivity index (χ3n) is 3.94. The highest BCUT2D eigenvalue weighted by Crippen LogP contribution is 2.28. The minimum Gasteiger partial charge on any atom is -0.492 e. The summed E-state index contributed by atoms with van der Waals surface area (Å²) in [5.41, 5.74) is 1.73. The van der Waals surface area contributed by atoms with Crippen LogP contribution >= 0.6 is 0 Å². The second-order valence-corrected chi connectivity index (χ2v) is 6.57. The summed E-state index contributed by atoms with van der Waals surface area (Å²) in [7, 11) is 1.96. The van der Waals surface area contributed by atoms with Crippen molar-refractivity contribution in [2.75, 3.05) is 33.3 Å². The summed E-state index contributed by atoms with van der Waals surface area (Å²) in [4.78, 5) is 2.53. The fourth-order valence-electron chi connectivity index (χ4n) is 2.98. The zero-order chi connectivity index (χ0) is 14.4. The molecule has 1 saturated heterocycles. The van der Waals surface area contributed by atoms with E-state index in [-0.39, 0.29) is 0 Å². The molecular formula is C17H28N2O. The second-order valence-electron chi connectivity index (χ2n) is 6.57. The van der Waals surface area contributed by atoms with Crippen LogP contribution in [0.5, 0.6) is 5.75 Å². The van der Waals surface area contributed by atoms with Crippen LogP contribution in [0.3, 0.4) is 0 Å². The molecule has 1 N–H and O–H groups in total. The van der Waals surface area contributed by atoms with E-state index in [0.29, 0.717) is 5.41 Å². The number of ether oxygens (including phenoxy) is 1. The fraction of sp³-hybridized carbons (Fsp3) is 0.647. The Bertz CT molecular complexity index is 417. The van der Waals surface area contributed by atoms with Crippen molar-refractivity contribution < 1.29 is 4.74 Å². The Morgan fingerprint density at radius 1 is 1.35 bits per heavy atom. The lowest BCUT2D eigenvalue weighted by Gasteiger charge is -2.37. The number of piperidine rings is 1. The lowest BCUT2D eigenvalue weighted by Crippen LogP contribution is -2.41. The molecule has 0 aliphatic carbocycles. The van der Waals surface area contributed by atoms with Crippen LogP contribution in [0.1, 0.15) is 32.3 Å². The Morgan fingerprint density at radius 3 is 2.95 bits per heavy atom. The van der Waals surface area contributed by atoms with Crippen LogP contribution in [0.25, 0.3) is 0 Å². The number of hydrogen-bond donors (Lipinski definition) is 1. The summed E-state index contributed by atoms with van der Waals surface area (Å²) in [6.45, 7) is 9.82. The van der Waals surface area contributed by atoms with Gasteiger partial charge in [0, 0.05) is 19.6 Å². The third-order valence-corrected chi connectivity index (χ3v) is 3.94. The molecule has 0 radical (unpaired) electrons. The molecule has 0 bridgehead atoms. The van der Waals surface area contributed by atoms with E-state index in [1.807, 2.05) is 13.1 Å². The van der Waals surface area contributed by atoms with Gasteiger partial charge in [0.2, 0.25) is 0 Å². The highest BCUT2D eigenvalue weighted by Gasteiger charge is 2.25. The number of nitrogens with zero attached hydrogens (tertiary/aromatic N) is 1. The number of benzene rings is 1. The molecule has 112 valence electrons. The van der Waals surface area contributed by atoms with Gasteiger partial charge in [-0.2, -0.15) is 0 Å². The third kappa shape index (κ3) is 4.80. The summed E-state index contributed by atoms with van der Waals surface area (Å²) < 4.78 is 5.89. The first-order chi connectivity index (χ1) is 9.59. The van der Waals surface area contributed by atoms with Crippen LogP contribution in [-0.2, 0) is 6.54 Å². The molecule has 1 aromatic rings. The molecule has 1 aliphatic rings. The molecule has 3 nitrogen and oxygen atoms in total. The van der Waals surface area contributed by atoms with Crippen molar-refractivity contribution in [1.82, 2.24) is 10.2 Å². The van der Waals surface area contributed by atoms with Gasteiger partial charge in [-0.1, -0.05) is 26.0 Å². The van der Waals surface area contributed by atoms with Gasteiger partial charge in [0.05, 0.1) is 0 Å². The van der Waals surface area contributed by atoms with Crippen LogP contribution in [0.2, 0.25) is 0 Å². The molecule has 1 aliphatic heterocycles. The second kappa shape index (κ2) is 7.09. The Labute approximate surface area is 123 Å². The van der Waals surface area contributed by atoms with Crippen molar-refractivity contribution in [3.8, 4) is 5.75 Å². The number of hydrogen-bond acceptors (Lipinski definition) is 3. The van der Waals surface area contributed by atoms with Crippen LogP contribution < -0.4 is 10.1 Å². The van der Waals surface area contributed by atoms with Gasteiger partial charge in [-0.3, -0.25) is 4.90 Å². The highest BCUT2D eigenvalue weighted by atomic mass is 16.5. The zero-order valence-corrected chi connectivity index (χ0v) is 13.1. The molecule has 0 saturated carbocycles. The van der Waals surface area contributed by atoms with Gasteiger partial charge in [-0.15, -0.1) is 0 Å². The molecule has 0 amide bonds. The lowest BCUT2D eigenvalue weighted by atomic mass is 9.84. The van der Waals surface area contributed by atoms with Gasteiger partial charge < -0.3 is 10.1 Å². The average molecular weight is 276 g/mol. The van der Waals surface area contributed by atoms with E-state index in [9.17, 15) is 0 Å². The number of likely N-dealkylation sites (tertiary alicyclic amines) is 1. The van der Waals surface area contributed by atoms with Crippen molar-refractivity contribution in [2.45, 2.75) is 33.2 Å². The maximum Gasteiger partial charge on any atom is 0.119 e. The topological polar surface area (TPSA) is 24.5 Å². The van der Waals surface area contributed by atoms with Crippen LogP contribution in [0.4, 0.5) is 0 Å². The van der Waals surface area contributed by atoms with Crippen LogP contribution in [0, 0.1) is 5.41 Å². The van der Waals surface area contributed by atoms with E-state index in [1.54, 1.807) is 0 Å². The average Bonchev–Trinajstić information content (AvgIpc) is 2.38. The molecule has 2 rings (SSSR count). The molecule has 3 heteroatoms. The molecule has 1 aromatic carbocycles. The summed E-state index contributed by atoms with van der Waals surface area (Å²) >= 11 is 0. The maximum atomic E-state index is 5.89. The quantitative estimate of drug-likeness (QED) is 0.864. The Balaban J connectivity index is 1.76. The molecule has 1 fully saturated rings. The Hall–Kier alpha value is -1.06. The lowest BCUT2D eigenvalue weighted by molar-refractivity contribution is 0.102. The van der Waals surface area contributed by atoms with Gasteiger partial charge in [0.1, 0.15) is 12.4 Å². The minimum atomic E-state index is 0.463. The number of nitrogens with one attached hydrogen (secondary N) is 1. The smallest absolute Gasteiger partial charge is 0.119 e. The first-order valence-corrected chi connectivity index (χ1v) is 7.68. The highest BCUT2D eigenvalue weighted by molar-refractivity contribution is 5.28. The molecular weight excluding hydrogens is 248 g/mol. The summed E-state index contributed by atoms with van der Waals surface area (Å²) in [5.74, 6) is 0.981. The van der Waals surface area contributed by atoms with Gasteiger partial charge in [0.25, 0.3) is 0 Å². The first-order valence-electron chi connectivity index (χ1n) is 7.68. The van der Waals surface area contributed by atoms with E-state index in [1.165, 1.54) is 31.5 Å². The van der Waals surface area contributed by atoms with Crippen molar-refractivity contribution in [3.05, 3.63) is 29.8 Å². The van der Waals surface area contributed by atoms with E-state index < -0.39 is 0 Å². The van der Waals surface area contributed by atoms with Gasteiger partial charge in [-0.05, 0) is 49.5 Å². The van der Waals surface area contributed by atoms with E-state index in [4.69, 9.17) is 4.74 Å². The standard InChI is InChI=1S/C17H28N2O/c1-17(2)8-5-9-19(14-17)10-11-20-16-7-4-6-15(12-16)13-18-3/h4,6-7,12,18H,5,8-11,13-14H2,1-3H3.